The first-order chi connectivity index (χ1) is 9.42. The van der Waals surface area contributed by atoms with Gasteiger partial charge in [-0.05, 0) is 36.6 Å². The number of nitrogens with two attached hydrogens (primary N) is 1. The van der Waals surface area contributed by atoms with E-state index >= 15 is 0 Å². The van der Waals surface area contributed by atoms with E-state index in [9.17, 15) is 13.6 Å². The molecule has 1 unspecified atom stereocenters. The number of halogens is 3. The van der Waals surface area contributed by atoms with Crippen LogP contribution < -0.4 is 11.1 Å². The standard InChI is InChI=1S/C14H20F2N2OS.ClH/c1-9(2)7-11(8-17)18-13(19)10-3-5-12(6-4-10)20-14(15)16;/h3-6,9,11,14H,7-8,17H2,1-2H3,(H,18,19);1H. The summed E-state index contributed by atoms with van der Waals surface area (Å²) in [5, 5.41) is 2.86. The van der Waals surface area contributed by atoms with Crippen LogP contribution in [0.3, 0.4) is 0 Å². The van der Waals surface area contributed by atoms with Crippen LogP contribution >= 0.6 is 24.2 Å². The van der Waals surface area contributed by atoms with Gasteiger partial charge in [0.1, 0.15) is 0 Å². The molecule has 0 aromatic heterocycles. The lowest BCUT2D eigenvalue weighted by Gasteiger charge is -2.18. The van der Waals surface area contributed by atoms with Gasteiger partial charge in [0, 0.05) is 23.0 Å². The fourth-order valence-electron chi connectivity index (χ4n) is 1.84. The molecule has 0 spiro atoms. The van der Waals surface area contributed by atoms with Crippen LogP contribution in [0.4, 0.5) is 8.78 Å². The highest BCUT2D eigenvalue weighted by atomic mass is 35.5. The van der Waals surface area contributed by atoms with Crippen molar-refractivity contribution in [3.05, 3.63) is 29.8 Å². The van der Waals surface area contributed by atoms with Gasteiger partial charge in [-0.2, -0.15) is 8.78 Å². The quantitative estimate of drug-likeness (QED) is 0.748. The number of carbonyl (C=O) groups excluding carboxylic acids is 1. The maximum absolute atomic E-state index is 12.2. The Kier molecular flexibility index (Phi) is 9.57. The van der Waals surface area contributed by atoms with Crippen LogP contribution in [-0.4, -0.2) is 24.3 Å². The van der Waals surface area contributed by atoms with Gasteiger partial charge < -0.3 is 11.1 Å². The largest absolute Gasteiger partial charge is 0.348 e. The van der Waals surface area contributed by atoms with Crippen molar-refractivity contribution in [1.82, 2.24) is 5.32 Å². The predicted octanol–water partition coefficient (Wildman–Crippen LogP) is 3.53. The number of amides is 1. The molecule has 0 radical (unpaired) electrons. The third-order valence-electron chi connectivity index (χ3n) is 2.72. The van der Waals surface area contributed by atoms with E-state index in [1.807, 2.05) is 0 Å². The molecule has 0 bridgehead atoms. The molecular formula is C14H21ClF2N2OS. The summed E-state index contributed by atoms with van der Waals surface area (Å²) in [5.74, 6) is -2.24. The molecule has 3 N–H and O–H groups in total. The molecule has 0 saturated carbocycles. The summed E-state index contributed by atoms with van der Waals surface area (Å²) < 4.78 is 24.4. The molecule has 0 heterocycles. The first-order valence-corrected chi connectivity index (χ1v) is 7.36. The van der Waals surface area contributed by atoms with Gasteiger partial charge in [-0.3, -0.25) is 4.79 Å². The van der Waals surface area contributed by atoms with Gasteiger partial charge in [0.2, 0.25) is 0 Å². The first kappa shape index (κ1) is 20.1. The predicted molar refractivity (Wildman–Crippen MR) is 85.3 cm³/mol. The van der Waals surface area contributed by atoms with Gasteiger partial charge >= 0.3 is 0 Å². The maximum atomic E-state index is 12.2. The van der Waals surface area contributed by atoms with Crippen LogP contribution in [0, 0.1) is 5.92 Å². The summed E-state index contributed by atoms with van der Waals surface area (Å²) in [6.07, 6.45) is 0.807. The zero-order chi connectivity index (χ0) is 15.1. The number of hydrogen-bond acceptors (Lipinski definition) is 3. The normalized spacial score (nSPS) is 12.1. The van der Waals surface area contributed by atoms with E-state index in [-0.39, 0.29) is 24.4 Å². The second-order valence-electron chi connectivity index (χ2n) is 4.94. The molecule has 3 nitrogen and oxygen atoms in total. The Balaban J connectivity index is 0.00000400. The Morgan fingerprint density at radius 2 is 1.86 bits per heavy atom. The highest BCUT2D eigenvalue weighted by Gasteiger charge is 2.14. The topological polar surface area (TPSA) is 55.1 Å². The van der Waals surface area contributed by atoms with Crippen LogP contribution in [0.1, 0.15) is 30.6 Å². The van der Waals surface area contributed by atoms with Gasteiger partial charge in [-0.1, -0.05) is 25.6 Å². The van der Waals surface area contributed by atoms with Crippen molar-refractivity contribution in [3.63, 3.8) is 0 Å². The number of hydrogen-bond donors (Lipinski definition) is 2. The van der Waals surface area contributed by atoms with Crippen LogP contribution in [0.5, 0.6) is 0 Å². The molecule has 0 aliphatic carbocycles. The van der Waals surface area contributed by atoms with E-state index in [2.05, 4.69) is 19.2 Å². The minimum Gasteiger partial charge on any atom is -0.348 e. The third-order valence-corrected chi connectivity index (χ3v) is 3.44. The van der Waals surface area contributed by atoms with Crippen LogP contribution in [-0.2, 0) is 0 Å². The summed E-state index contributed by atoms with van der Waals surface area (Å²) in [6, 6.07) is 6.06. The van der Waals surface area contributed by atoms with Crippen molar-refractivity contribution in [2.75, 3.05) is 6.54 Å². The number of alkyl halides is 2. The lowest BCUT2D eigenvalue weighted by molar-refractivity contribution is 0.0933. The van der Waals surface area contributed by atoms with E-state index in [4.69, 9.17) is 5.73 Å². The highest BCUT2D eigenvalue weighted by molar-refractivity contribution is 7.99. The van der Waals surface area contributed by atoms with Crippen molar-refractivity contribution in [3.8, 4) is 0 Å². The van der Waals surface area contributed by atoms with Crippen molar-refractivity contribution in [2.24, 2.45) is 11.7 Å². The second-order valence-corrected chi connectivity index (χ2v) is 6.00. The van der Waals surface area contributed by atoms with Gasteiger partial charge in [-0.25, -0.2) is 0 Å². The Bertz CT molecular complexity index is 429. The minimum atomic E-state index is -2.46. The molecule has 1 aromatic rings. The van der Waals surface area contributed by atoms with E-state index < -0.39 is 5.76 Å². The number of thioether (sulfide) groups is 1. The van der Waals surface area contributed by atoms with Crippen LogP contribution in [0.2, 0.25) is 0 Å². The Morgan fingerprint density at radius 1 is 1.29 bits per heavy atom. The van der Waals surface area contributed by atoms with Crippen molar-refractivity contribution >= 4 is 30.1 Å². The molecule has 7 heteroatoms. The molecule has 1 rings (SSSR count). The molecule has 1 aromatic carbocycles. The average Bonchev–Trinajstić information content (AvgIpc) is 2.37. The van der Waals surface area contributed by atoms with E-state index in [1.54, 1.807) is 12.1 Å². The molecule has 1 atom stereocenters. The number of benzene rings is 1. The SMILES string of the molecule is CC(C)CC(CN)NC(=O)c1ccc(SC(F)F)cc1.Cl. The maximum Gasteiger partial charge on any atom is 0.288 e. The zero-order valence-electron chi connectivity index (χ0n) is 12.0. The minimum absolute atomic E-state index is 0. The molecule has 0 fully saturated rings. The average molecular weight is 339 g/mol. The van der Waals surface area contributed by atoms with Crippen molar-refractivity contribution in [1.29, 1.82) is 0 Å². The second kappa shape index (κ2) is 9.97. The Hall–Kier alpha value is -0.850. The van der Waals surface area contributed by atoms with Crippen molar-refractivity contribution in [2.45, 2.75) is 37.0 Å². The molecule has 0 aliphatic heterocycles. The lowest BCUT2D eigenvalue weighted by atomic mass is 10.0. The van der Waals surface area contributed by atoms with Gasteiger partial charge in [0.25, 0.3) is 11.7 Å². The summed E-state index contributed by atoms with van der Waals surface area (Å²) in [6.45, 7) is 4.50. The van der Waals surface area contributed by atoms with Gasteiger partial charge in [-0.15, -0.1) is 12.4 Å². The van der Waals surface area contributed by atoms with Gasteiger partial charge in [0.15, 0.2) is 0 Å². The van der Waals surface area contributed by atoms with E-state index in [0.29, 0.717) is 34.7 Å². The number of carbonyl (C=O) groups is 1. The molecule has 120 valence electrons. The van der Waals surface area contributed by atoms with E-state index in [0.717, 1.165) is 6.42 Å². The molecule has 21 heavy (non-hydrogen) atoms. The Morgan fingerprint density at radius 3 is 2.29 bits per heavy atom. The smallest absolute Gasteiger partial charge is 0.288 e. The summed E-state index contributed by atoms with van der Waals surface area (Å²) in [5.41, 5.74) is 6.07. The Labute approximate surface area is 134 Å². The molecular weight excluding hydrogens is 318 g/mol. The summed E-state index contributed by atoms with van der Waals surface area (Å²) in [7, 11) is 0. The zero-order valence-corrected chi connectivity index (χ0v) is 13.6. The lowest BCUT2D eigenvalue weighted by Crippen LogP contribution is -2.41. The fraction of sp³-hybridized carbons (Fsp3) is 0.500. The number of nitrogens with one attached hydrogen (secondary N) is 1. The summed E-state index contributed by atoms with van der Waals surface area (Å²) in [4.78, 5) is 12.4. The van der Waals surface area contributed by atoms with E-state index in [1.165, 1.54) is 12.1 Å². The highest BCUT2D eigenvalue weighted by Crippen LogP contribution is 2.25. The van der Waals surface area contributed by atoms with Crippen LogP contribution in [0.15, 0.2) is 29.2 Å². The monoisotopic (exact) mass is 338 g/mol. The first-order valence-electron chi connectivity index (χ1n) is 6.48. The van der Waals surface area contributed by atoms with Crippen molar-refractivity contribution < 1.29 is 13.6 Å². The molecule has 1 amide bonds. The van der Waals surface area contributed by atoms with Crippen LogP contribution in [0.25, 0.3) is 0 Å². The summed E-state index contributed by atoms with van der Waals surface area (Å²) >= 11 is 0.461. The molecule has 0 aliphatic rings. The third kappa shape index (κ3) is 7.64. The molecule has 0 saturated heterocycles. The fourth-order valence-corrected chi connectivity index (χ4v) is 2.34. The number of rotatable bonds is 7. The van der Waals surface area contributed by atoms with Gasteiger partial charge in [0.05, 0.1) is 0 Å².